The van der Waals surface area contributed by atoms with Crippen LogP contribution in [0.1, 0.15) is 40.2 Å². The van der Waals surface area contributed by atoms with Crippen molar-refractivity contribution in [3.63, 3.8) is 0 Å². The first-order valence-corrected chi connectivity index (χ1v) is 7.40. The highest BCUT2D eigenvalue weighted by molar-refractivity contribution is 5.90. The van der Waals surface area contributed by atoms with Crippen LogP contribution in [0.2, 0.25) is 0 Å². The van der Waals surface area contributed by atoms with Crippen molar-refractivity contribution in [1.82, 2.24) is 0 Å². The summed E-state index contributed by atoms with van der Waals surface area (Å²) in [6, 6.07) is 10.1. The van der Waals surface area contributed by atoms with E-state index >= 15 is 0 Å². The van der Waals surface area contributed by atoms with Crippen LogP contribution in [0.5, 0.6) is 5.75 Å². The molecule has 1 saturated carbocycles. The molecule has 6 nitrogen and oxygen atoms in total. The average molecular weight is 331 g/mol. The van der Waals surface area contributed by atoms with Gasteiger partial charge in [-0.2, -0.15) is 4.39 Å². The zero-order valence-corrected chi connectivity index (χ0v) is 12.6. The zero-order chi connectivity index (χ0) is 17.3. The van der Waals surface area contributed by atoms with Crippen LogP contribution >= 0.6 is 0 Å². The smallest absolute Gasteiger partial charge is 0.347 e. The molecule has 0 atom stereocenters. The van der Waals surface area contributed by atoms with Gasteiger partial charge in [0.2, 0.25) is 11.6 Å². The molecule has 0 amide bonds. The van der Waals surface area contributed by atoms with Crippen molar-refractivity contribution in [3.05, 3.63) is 69.0 Å². The summed E-state index contributed by atoms with van der Waals surface area (Å²) in [6.45, 7) is 0.0350. The van der Waals surface area contributed by atoms with Crippen molar-refractivity contribution < 1.29 is 24.0 Å². The molecule has 2 aromatic carbocycles. The van der Waals surface area contributed by atoms with Gasteiger partial charge in [-0.1, -0.05) is 30.3 Å². The van der Waals surface area contributed by atoms with E-state index in [1.165, 1.54) is 0 Å². The molecule has 1 fully saturated rings. The van der Waals surface area contributed by atoms with Crippen molar-refractivity contribution in [2.24, 2.45) is 0 Å². The summed E-state index contributed by atoms with van der Waals surface area (Å²) in [5, 5.41) is 20.4. The molecule has 0 heterocycles. The molecular formula is C17H14FNO5. The first-order valence-electron chi connectivity index (χ1n) is 7.40. The van der Waals surface area contributed by atoms with Crippen LogP contribution in [0.15, 0.2) is 36.4 Å². The molecule has 24 heavy (non-hydrogen) atoms. The van der Waals surface area contributed by atoms with E-state index in [0.717, 1.165) is 24.5 Å². The number of halogens is 1. The van der Waals surface area contributed by atoms with E-state index in [9.17, 15) is 19.3 Å². The van der Waals surface area contributed by atoms with Gasteiger partial charge in [0, 0.05) is 5.56 Å². The highest BCUT2D eigenvalue weighted by Crippen LogP contribution is 2.49. The molecule has 0 radical (unpaired) electrons. The molecule has 7 heteroatoms. The number of benzene rings is 2. The van der Waals surface area contributed by atoms with Crippen LogP contribution < -0.4 is 4.74 Å². The normalized spacial score (nSPS) is 13.5. The molecule has 0 aliphatic heterocycles. The molecule has 3 rings (SSSR count). The van der Waals surface area contributed by atoms with Crippen LogP contribution in [-0.2, 0) is 6.61 Å². The van der Waals surface area contributed by atoms with E-state index in [4.69, 9.17) is 9.84 Å². The summed E-state index contributed by atoms with van der Waals surface area (Å²) in [5.74, 6) is -3.12. The van der Waals surface area contributed by atoms with Gasteiger partial charge in [0.1, 0.15) is 12.2 Å². The van der Waals surface area contributed by atoms with E-state index in [1.54, 1.807) is 24.3 Å². The minimum Gasteiger partial charge on any atom is -0.482 e. The fourth-order valence-electron chi connectivity index (χ4n) is 2.55. The molecule has 0 unspecified atom stereocenters. The van der Waals surface area contributed by atoms with E-state index in [-0.39, 0.29) is 18.3 Å². The third-order valence-corrected chi connectivity index (χ3v) is 3.88. The first-order chi connectivity index (χ1) is 11.5. The molecular weight excluding hydrogens is 317 g/mol. The maximum absolute atomic E-state index is 14.3. The number of nitro groups is 1. The van der Waals surface area contributed by atoms with Crippen molar-refractivity contribution in [2.45, 2.75) is 25.4 Å². The Kier molecular flexibility index (Phi) is 4.16. The Morgan fingerprint density at radius 3 is 2.54 bits per heavy atom. The van der Waals surface area contributed by atoms with Gasteiger partial charge in [-0.15, -0.1) is 0 Å². The Hall–Kier alpha value is -2.96. The number of rotatable bonds is 6. The van der Waals surface area contributed by atoms with Crippen LogP contribution in [0.25, 0.3) is 0 Å². The molecule has 1 N–H and O–H groups in total. The van der Waals surface area contributed by atoms with Gasteiger partial charge in [-0.05, 0) is 30.4 Å². The minimum atomic E-state index is -1.54. The Bertz CT molecular complexity index is 802. The number of hydrogen-bond donors (Lipinski definition) is 1. The summed E-state index contributed by atoms with van der Waals surface area (Å²) in [5.41, 5.74) is -0.448. The third-order valence-electron chi connectivity index (χ3n) is 3.88. The SMILES string of the molecule is O=C(O)c1cc(C2CC2)c(OCc2ccccc2)c([N+](=O)[O-])c1F. The first kappa shape index (κ1) is 15.9. The number of carbonyl (C=O) groups is 1. The van der Waals surface area contributed by atoms with Crippen molar-refractivity contribution >= 4 is 11.7 Å². The molecule has 1 aliphatic carbocycles. The fourth-order valence-corrected chi connectivity index (χ4v) is 2.55. The Morgan fingerprint density at radius 2 is 2.00 bits per heavy atom. The number of ether oxygens (including phenoxy) is 1. The lowest BCUT2D eigenvalue weighted by molar-refractivity contribution is -0.388. The van der Waals surface area contributed by atoms with Crippen LogP contribution in [-0.4, -0.2) is 16.0 Å². The summed E-state index contributed by atoms with van der Waals surface area (Å²) in [4.78, 5) is 21.6. The van der Waals surface area contributed by atoms with Crippen LogP contribution in [0.3, 0.4) is 0 Å². The van der Waals surface area contributed by atoms with Gasteiger partial charge in [-0.3, -0.25) is 10.1 Å². The van der Waals surface area contributed by atoms with E-state index in [1.807, 2.05) is 6.07 Å². The quantitative estimate of drug-likeness (QED) is 0.640. The molecule has 0 spiro atoms. The maximum Gasteiger partial charge on any atom is 0.347 e. The fraction of sp³-hybridized carbons (Fsp3) is 0.235. The van der Waals surface area contributed by atoms with Gasteiger partial charge in [-0.25, -0.2) is 4.79 Å². The number of carboxylic acids is 1. The number of hydrogen-bond acceptors (Lipinski definition) is 4. The minimum absolute atomic E-state index is 0.0341. The van der Waals surface area contributed by atoms with E-state index in [0.29, 0.717) is 5.56 Å². The lowest BCUT2D eigenvalue weighted by Crippen LogP contribution is -2.09. The predicted octanol–water partition coefficient (Wildman–Crippen LogP) is 3.89. The van der Waals surface area contributed by atoms with Gasteiger partial charge in [0.15, 0.2) is 0 Å². The molecule has 1 aliphatic rings. The molecule has 0 aromatic heterocycles. The second-order valence-corrected chi connectivity index (χ2v) is 5.62. The summed E-state index contributed by atoms with van der Waals surface area (Å²) in [6.07, 6.45) is 1.53. The molecule has 0 bridgehead atoms. The van der Waals surface area contributed by atoms with Gasteiger partial charge in [0.25, 0.3) is 0 Å². The molecule has 0 saturated heterocycles. The second kappa shape index (κ2) is 6.27. The monoisotopic (exact) mass is 331 g/mol. The Morgan fingerprint density at radius 1 is 1.33 bits per heavy atom. The lowest BCUT2D eigenvalue weighted by atomic mass is 10.0. The highest BCUT2D eigenvalue weighted by atomic mass is 19.1. The number of nitro benzene ring substituents is 1. The number of carboxylic acid groups (broad SMARTS) is 1. The predicted molar refractivity (Wildman–Crippen MR) is 82.8 cm³/mol. The zero-order valence-electron chi connectivity index (χ0n) is 12.6. The van der Waals surface area contributed by atoms with Gasteiger partial charge >= 0.3 is 11.7 Å². The highest BCUT2D eigenvalue weighted by Gasteiger charge is 2.37. The topological polar surface area (TPSA) is 89.7 Å². The van der Waals surface area contributed by atoms with Gasteiger partial charge in [0.05, 0.1) is 4.92 Å². The van der Waals surface area contributed by atoms with Gasteiger partial charge < -0.3 is 9.84 Å². The number of aromatic carboxylic acids is 1. The van der Waals surface area contributed by atoms with E-state index in [2.05, 4.69) is 0 Å². The van der Waals surface area contributed by atoms with Crippen LogP contribution in [0.4, 0.5) is 10.1 Å². The molecule has 2 aromatic rings. The standard InChI is InChI=1S/C17H14FNO5/c18-14-13(17(20)21)8-12(11-6-7-11)16(15(14)19(22)23)24-9-10-4-2-1-3-5-10/h1-5,8,11H,6-7,9H2,(H,20,21). The van der Waals surface area contributed by atoms with Crippen molar-refractivity contribution in [3.8, 4) is 5.75 Å². The van der Waals surface area contributed by atoms with Crippen molar-refractivity contribution in [2.75, 3.05) is 0 Å². The maximum atomic E-state index is 14.3. The van der Waals surface area contributed by atoms with E-state index < -0.39 is 28.0 Å². The van der Waals surface area contributed by atoms with Crippen LogP contribution in [0, 0.1) is 15.9 Å². The third kappa shape index (κ3) is 3.05. The lowest BCUT2D eigenvalue weighted by Gasteiger charge is -2.13. The summed E-state index contributed by atoms with van der Waals surface area (Å²) in [7, 11) is 0. The van der Waals surface area contributed by atoms with Crippen molar-refractivity contribution in [1.29, 1.82) is 0 Å². The second-order valence-electron chi connectivity index (χ2n) is 5.62. The molecule has 124 valence electrons. The Balaban J connectivity index is 2.06. The Labute approximate surface area is 136 Å². The average Bonchev–Trinajstić information content (AvgIpc) is 3.37. The largest absolute Gasteiger partial charge is 0.482 e. The summed E-state index contributed by atoms with van der Waals surface area (Å²) < 4.78 is 19.9. The summed E-state index contributed by atoms with van der Waals surface area (Å²) >= 11 is 0. The number of nitrogens with zero attached hydrogens (tertiary/aromatic N) is 1.